The van der Waals surface area contributed by atoms with E-state index in [4.69, 9.17) is 5.73 Å². The van der Waals surface area contributed by atoms with Gasteiger partial charge in [0, 0.05) is 6.20 Å². The van der Waals surface area contributed by atoms with Crippen LogP contribution in [-0.2, 0) is 10.0 Å². The van der Waals surface area contributed by atoms with Crippen molar-refractivity contribution < 1.29 is 21.6 Å². The molecule has 0 aliphatic heterocycles. The van der Waals surface area contributed by atoms with Gasteiger partial charge >= 0.3 is 6.18 Å². The molecule has 0 saturated heterocycles. The molecule has 2 rings (SSSR count). The van der Waals surface area contributed by atoms with Crippen molar-refractivity contribution in [3.8, 4) is 0 Å². The Bertz CT molecular complexity index is 708. The summed E-state index contributed by atoms with van der Waals surface area (Å²) < 4.78 is 62.4. The van der Waals surface area contributed by atoms with Gasteiger partial charge in [0.05, 0.1) is 0 Å². The number of fused-ring (bicyclic) bond motifs is 1. The van der Waals surface area contributed by atoms with Crippen molar-refractivity contribution in [2.24, 2.45) is 0 Å². The first kappa shape index (κ1) is 13.6. The van der Waals surface area contributed by atoms with Crippen molar-refractivity contribution in [2.45, 2.75) is 11.2 Å². The third-order valence-corrected chi connectivity index (χ3v) is 3.67. The number of nitrogens with one attached hydrogen (secondary N) is 1. The molecular weight excluding hydrogens is 285 g/mol. The number of hydrogen-bond donors (Lipinski definition) is 2. The van der Waals surface area contributed by atoms with Gasteiger partial charge in [-0.05, 0) is 12.1 Å². The summed E-state index contributed by atoms with van der Waals surface area (Å²) in [4.78, 5) is 3.76. The van der Waals surface area contributed by atoms with E-state index in [2.05, 4.69) is 4.98 Å². The summed E-state index contributed by atoms with van der Waals surface area (Å²) in [5.74, 6) is -0.360. The molecule has 0 aliphatic carbocycles. The normalized spacial score (nSPS) is 13.0. The molecule has 3 N–H and O–H groups in total. The molecule has 0 amide bonds. The average Bonchev–Trinajstić information content (AvgIpc) is 2.62. The Morgan fingerprint density at radius 1 is 1.37 bits per heavy atom. The first-order chi connectivity index (χ1) is 8.71. The van der Waals surface area contributed by atoms with E-state index in [1.165, 1.54) is 23.1 Å². The van der Waals surface area contributed by atoms with Crippen LogP contribution in [0.15, 0.2) is 29.4 Å². The summed E-state index contributed by atoms with van der Waals surface area (Å²) in [6, 6.07) is 4.59. The summed E-state index contributed by atoms with van der Waals surface area (Å²) >= 11 is 0. The van der Waals surface area contributed by atoms with Gasteiger partial charge in [-0.3, -0.25) is 4.40 Å². The molecule has 0 radical (unpaired) electrons. The topological polar surface area (TPSA) is 89.5 Å². The standard InChI is InChI=1S/C9H9F3N4O2S/c10-9(11,12)5-14-19(17,18)8-7(13)15-6-3-1-2-4-16(6)8/h1-4,14H,5,13H2. The summed E-state index contributed by atoms with van der Waals surface area (Å²) in [7, 11) is -4.40. The van der Waals surface area contributed by atoms with Crippen LogP contribution in [0.5, 0.6) is 0 Å². The van der Waals surface area contributed by atoms with E-state index < -0.39 is 27.8 Å². The van der Waals surface area contributed by atoms with Gasteiger partial charge in [-0.2, -0.15) is 13.2 Å². The summed E-state index contributed by atoms with van der Waals surface area (Å²) in [6.45, 7) is -1.67. The number of halogens is 3. The van der Waals surface area contributed by atoms with Gasteiger partial charge in [0.2, 0.25) is 0 Å². The number of hydrogen-bond acceptors (Lipinski definition) is 4. The number of alkyl halides is 3. The van der Waals surface area contributed by atoms with Crippen LogP contribution in [0.25, 0.3) is 5.65 Å². The molecule has 19 heavy (non-hydrogen) atoms. The number of nitrogens with two attached hydrogens (primary N) is 1. The second-order valence-corrected chi connectivity index (χ2v) is 5.35. The van der Waals surface area contributed by atoms with Crippen LogP contribution in [0, 0.1) is 0 Å². The van der Waals surface area contributed by atoms with E-state index in [-0.39, 0.29) is 11.5 Å². The third kappa shape index (κ3) is 2.79. The maximum Gasteiger partial charge on any atom is 0.402 e. The van der Waals surface area contributed by atoms with Crippen LogP contribution in [0.4, 0.5) is 19.0 Å². The van der Waals surface area contributed by atoms with Gasteiger partial charge in [0.15, 0.2) is 10.8 Å². The molecule has 0 aliphatic rings. The fourth-order valence-corrected chi connectivity index (χ4v) is 2.73. The minimum absolute atomic E-state index is 0.229. The predicted molar refractivity (Wildman–Crippen MR) is 60.8 cm³/mol. The Labute approximate surface area is 106 Å². The van der Waals surface area contributed by atoms with Crippen molar-refractivity contribution >= 4 is 21.5 Å². The van der Waals surface area contributed by atoms with Crippen molar-refractivity contribution in [3.63, 3.8) is 0 Å². The predicted octanol–water partition coefficient (Wildman–Crippen LogP) is 0.757. The number of pyridine rings is 1. The fourth-order valence-electron chi connectivity index (χ4n) is 1.50. The van der Waals surface area contributed by atoms with Gasteiger partial charge in [0.1, 0.15) is 12.2 Å². The Balaban J connectivity index is 2.46. The van der Waals surface area contributed by atoms with Gasteiger partial charge in [-0.25, -0.2) is 18.1 Å². The first-order valence-electron chi connectivity index (χ1n) is 5.00. The lowest BCUT2D eigenvalue weighted by Crippen LogP contribution is -2.34. The van der Waals surface area contributed by atoms with E-state index in [0.29, 0.717) is 0 Å². The zero-order valence-electron chi connectivity index (χ0n) is 9.35. The average molecular weight is 294 g/mol. The van der Waals surface area contributed by atoms with Crippen LogP contribution in [0.1, 0.15) is 0 Å². The monoisotopic (exact) mass is 294 g/mol. The van der Waals surface area contributed by atoms with E-state index in [1.54, 1.807) is 6.07 Å². The smallest absolute Gasteiger partial charge is 0.381 e. The van der Waals surface area contributed by atoms with Gasteiger partial charge in [0.25, 0.3) is 10.0 Å². The van der Waals surface area contributed by atoms with E-state index in [0.717, 1.165) is 4.40 Å². The molecule has 0 unspecified atom stereocenters. The second-order valence-electron chi connectivity index (χ2n) is 3.67. The molecule has 0 spiro atoms. The summed E-state index contributed by atoms with van der Waals surface area (Å²) in [5.41, 5.74) is 5.68. The van der Waals surface area contributed by atoms with Crippen LogP contribution >= 0.6 is 0 Å². The summed E-state index contributed by atoms with van der Waals surface area (Å²) in [6.07, 6.45) is -3.30. The van der Waals surface area contributed by atoms with Crippen LogP contribution in [-0.4, -0.2) is 30.5 Å². The molecule has 0 aromatic carbocycles. The minimum atomic E-state index is -4.65. The molecule has 10 heteroatoms. The zero-order valence-corrected chi connectivity index (χ0v) is 10.2. The Kier molecular flexibility index (Phi) is 3.14. The highest BCUT2D eigenvalue weighted by molar-refractivity contribution is 7.89. The lowest BCUT2D eigenvalue weighted by atomic mass is 10.5. The van der Waals surface area contributed by atoms with E-state index in [1.807, 2.05) is 0 Å². The van der Waals surface area contributed by atoms with Crippen LogP contribution in [0.2, 0.25) is 0 Å². The third-order valence-electron chi connectivity index (χ3n) is 2.23. The number of aromatic nitrogens is 2. The highest BCUT2D eigenvalue weighted by Crippen LogP contribution is 2.21. The number of imidazole rings is 1. The molecule has 2 heterocycles. The zero-order chi connectivity index (χ0) is 14.3. The molecule has 104 valence electrons. The summed E-state index contributed by atoms with van der Waals surface area (Å²) in [5, 5.41) is -0.507. The number of rotatable bonds is 3. The Morgan fingerprint density at radius 3 is 2.68 bits per heavy atom. The lowest BCUT2D eigenvalue weighted by Gasteiger charge is -2.09. The van der Waals surface area contributed by atoms with Gasteiger partial charge in [-0.15, -0.1) is 0 Å². The molecule has 2 aromatic heterocycles. The maximum absolute atomic E-state index is 12.1. The van der Waals surface area contributed by atoms with Crippen molar-refractivity contribution in [1.82, 2.24) is 14.1 Å². The highest BCUT2D eigenvalue weighted by atomic mass is 32.2. The lowest BCUT2D eigenvalue weighted by molar-refractivity contribution is -0.121. The minimum Gasteiger partial charge on any atom is -0.381 e. The molecule has 6 nitrogen and oxygen atoms in total. The molecule has 0 fully saturated rings. The molecule has 0 atom stereocenters. The highest BCUT2D eigenvalue weighted by Gasteiger charge is 2.32. The molecule has 2 aromatic rings. The van der Waals surface area contributed by atoms with Crippen molar-refractivity contribution in [3.05, 3.63) is 24.4 Å². The number of nitrogen functional groups attached to an aromatic ring is 1. The van der Waals surface area contributed by atoms with Gasteiger partial charge < -0.3 is 5.73 Å². The van der Waals surface area contributed by atoms with Crippen LogP contribution < -0.4 is 10.5 Å². The molecular formula is C9H9F3N4O2S. The second kappa shape index (κ2) is 4.38. The SMILES string of the molecule is Nc1nc2ccccn2c1S(=O)(=O)NCC(F)(F)F. The quantitative estimate of drug-likeness (QED) is 0.874. The van der Waals surface area contributed by atoms with Crippen LogP contribution in [0.3, 0.4) is 0 Å². The number of nitrogens with zero attached hydrogens (tertiary/aromatic N) is 2. The Morgan fingerprint density at radius 2 is 2.05 bits per heavy atom. The van der Waals surface area contributed by atoms with Crippen molar-refractivity contribution in [2.75, 3.05) is 12.3 Å². The first-order valence-corrected chi connectivity index (χ1v) is 6.48. The molecule has 0 saturated carbocycles. The fraction of sp³-hybridized carbons (Fsp3) is 0.222. The largest absolute Gasteiger partial charge is 0.402 e. The molecule has 0 bridgehead atoms. The van der Waals surface area contributed by atoms with E-state index >= 15 is 0 Å². The Hall–Kier alpha value is -1.81. The van der Waals surface area contributed by atoms with E-state index in [9.17, 15) is 21.6 Å². The van der Waals surface area contributed by atoms with Crippen molar-refractivity contribution in [1.29, 1.82) is 0 Å². The maximum atomic E-state index is 12.1. The number of anilines is 1. The number of sulfonamides is 1. The van der Waals surface area contributed by atoms with Gasteiger partial charge in [-0.1, -0.05) is 6.07 Å².